The first-order chi connectivity index (χ1) is 14.8. The van der Waals surface area contributed by atoms with E-state index in [0.717, 1.165) is 11.6 Å². The van der Waals surface area contributed by atoms with E-state index in [1.165, 1.54) is 12.1 Å². The first-order valence-electron chi connectivity index (χ1n) is 9.99. The Morgan fingerprint density at radius 2 is 1.87 bits per heavy atom. The van der Waals surface area contributed by atoms with Gasteiger partial charge in [0.25, 0.3) is 5.91 Å². The van der Waals surface area contributed by atoms with Crippen molar-refractivity contribution < 1.29 is 13.6 Å². The number of nitrogens with zero attached hydrogens (tertiary/aromatic N) is 6. The lowest BCUT2D eigenvalue weighted by atomic mass is 9.98. The number of halogens is 2. The van der Waals surface area contributed by atoms with Crippen LogP contribution in [0.5, 0.6) is 0 Å². The molecule has 0 saturated carbocycles. The number of benzene rings is 1. The molecule has 9 heteroatoms. The van der Waals surface area contributed by atoms with E-state index in [4.69, 9.17) is 0 Å². The fourth-order valence-electron chi connectivity index (χ4n) is 4.40. The highest BCUT2D eigenvalue weighted by molar-refractivity contribution is 6.11. The third-order valence-corrected chi connectivity index (χ3v) is 5.81. The van der Waals surface area contributed by atoms with E-state index < -0.39 is 17.7 Å². The number of amides is 1. The van der Waals surface area contributed by atoms with Crippen LogP contribution in [0.3, 0.4) is 0 Å². The molecule has 7 nitrogen and oxygen atoms in total. The lowest BCUT2D eigenvalue weighted by Gasteiger charge is -2.27. The van der Waals surface area contributed by atoms with Gasteiger partial charge in [0, 0.05) is 29.9 Å². The molecule has 0 N–H and O–H groups in total. The van der Waals surface area contributed by atoms with Crippen LogP contribution in [0.25, 0.3) is 5.65 Å². The Morgan fingerprint density at radius 1 is 1.10 bits per heavy atom. The number of hydrogen-bond acceptors (Lipinski definition) is 4. The number of carbonyl (C=O) groups is 1. The molecular weight excluding hydrogens is 402 g/mol. The fourth-order valence-corrected chi connectivity index (χ4v) is 4.40. The second-order valence-corrected chi connectivity index (χ2v) is 7.73. The van der Waals surface area contributed by atoms with Crippen molar-refractivity contribution in [2.24, 2.45) is 0 Å². The predicted molar refractivity (Wildman–Crippen MR) is 110 cm³/mol. The normalized spacial score (nSPS) is 15.9. The van der Waals surface area contributed by atoms with Gasteiger partial charge in [-0.15, -0.1) is 10.2 Å². The number of pyridine rings is 1. The summed E-state index contributed by atoms with van der Waals surface area (Å²) >= 11 is 0. The summed E-state index contributed by atoms with van der Waals surface area (Å²) in [6.07, 6.45) is 1.77. The quantitative estimate of drug-likeness (QED) is 0.502. The van der Waals surface area contributed by atoms with E-state index in [2.05, 4.69) is 15.3 Å². The van der Waals surface area contributed by atoms with Gasteiger partial charge in [-0.05, 0) is 45.4 Å². The Bertz CT molecular complexity index is 1370. The molecule has 0 fully saturated rings. The first kappa shape index (κ1) is 19.3. The van der Waals surface area contributed by atoms with Crippen molar-refractivity contribution in [3.05, 3.63) is 76.0 Å². The molecule has 5 rings (SSSR count). The number of hydrogen-bond donors (Lipinski definition) is 0. The zero-order valence-electron chi connectivity index (χ0n) is 17.5. The van der Waals surface area contributed by atoms with Gasteiger partial charge in [-0.3, -0.25) is 18.8 Å². The van der Waals surface area contributed by atoms with Gasteiger partial charge in [0.05, 0.1) is 17.4 Å². The highest BCUT2D eigenvalue weighted by atomic mass is 19.1. The Morgan fingerprint density at radius 3 is 2.58 bits per heavy atom. The number of anilines is 1. The van der Waals surface area contributed by atoms with Crippen LogP contribution in [0.4, 0.5) is 14.5 Å². The van der Waals surface area contributed by atoms with Gasteiger partial charge >= 0.3 is 0 Å². The summed E-state index contributed by atoms with van der Waals surface area (Å²) in [6.45, 7) is 7.89. The van der Waals surface area contributed by atoms with E-state index in [1.807, 2.05) is 26.8 Å². The summed E-state index contributed by atoms with van der Waals surface area (Å²) in [5.74, 6) is -0.992. The monoisotopic (exact) mass is 422 g/mol. The molecule has 1 amide bonds. The number of fused-ring (bicyclic) bond motifs is 2. The lowest BCUT2D eigenvalue weighted by Crippen LogP contribution is -2.31. The van der Waals surface area contributed by atoms with Crippen LogP contribution < -0.4 is 4.90 Å². The van der Waals surface area contributed by atoms with Gasteiger partial charge in [0.2, 0.25) is 0 Å². The Hall–Kier alpha value is -3.62. The van der Waals surface area contributed by atoms with Crippen molar-refractivity contribution in [1.82, 2.24) is 24.4 Å². The topological polar surface area (TPSA) is 68.3 Å². The third kappa shape index (κ3) is 2.69. The molecule has 0 radical (unpaired) electrons. The van der Waals surface area contributed by atoms with Crippen molar-refractivity contribution in [2.75, 3.05) is 4.90 Å². The van der Waals surface area contributed by atoms with E-state index in [0.29, 0.717) is 40.7 Å². The molecule has 31 heavy (non-hydrogen) atoms. The molecule has 4 aromatic rings. The van der Waals surface area contributed by atoms with Gasteiger partial charge in [0.15, 0.2) is 5.65 Å². The summed E-state index contributed by atoms with van der Waals surface area (Å²) < 4.78 is 32.0. The molecule has 1 aromatic carbocycles. The predicted octanol–water partition coefficient (Wildman–Crippen LogP) is 3.90. The Balaban J connectivity index is 1.79. The van der Waals surface area contributed by atoms with Crippen LogP contribution in [0.1, 0.15) is 51.7 Å². The van der Waals surface area contributed by atoms with Crippen LogP contribution in [0.2, 0.25) is 0 Å². The van der Waals surface area contributed by atoms with E-state index in [1.54, 1.807) is 27.1 Å². The van der Waals surface area contributed by atoms with Gasteiger partial charge in [-0.25, -0.2) is 8.78 Å². The largest absolute Gasteiger partial charge is 0.294 e. The molecular formula is C22H20F2N6O. The number of aryl methyl sites for hydroxylation is 4. The molecule has 0 bridgehead atoms. The molecule has 0 saturated heterocycles. The molecule has 0 unspecified atom stereocenters. The van der Waals surface area contributed by atoms with Crippen LogP contribution in [-0.2, 0) is 6.54 Å². The van der Waals surface area contributed by atoms with Crippen molar-refractivity contribution in [1.29, 1.82) is 0 Å². The minimum atomic E-state index is -0.767. The number of carbonyl (C=O) groups excluding carboxylic acids is 1. The average Bonchev–Trinajstić information content (AvgIpc) is 3.35. The highest BCUT2D eigenvalue weighted by Gasteiger charge is 2.44. The van der Waals surface area contributed by atoms with Crippen molar-refractivity contribution in [3.63, 3.8) is 0 Å². The lowest BCUT2D eigenvalue weighted by molar-refractivity contribution is 0.0983. The van der Waals surface area contributed by atoms with Gasteiger partial charge in [-0.1, -0.05) is 6.07 Å². The summed E-state index contributed by atoms with van der Waals surface area (Å²) in [5.41, 5.74) is 4.00. The zero-order chi connectivity index (χ0) is 22.0. The van der Waals surface area contributed by atoms with Crippen molar-refractivity contribution in [2.45, 2.75) is 40.3 Å². The molecule has 1 aliphatic rings. The van der Waals surface area contributed by atoms with E-state index in [-0.39, 0.29) is 11.5 Å². The number of rotatable bonds is 3. The highest BCUT2D eigenvalue weighted by Crippen LogP contribution is 2.44. The van der Waals surface area contributed by atoms with Gasteiger partial charge < -0.3 is 0 Å². The van der Waals surface area contributed by atoms with Crippen LogP contribution >= 0.6 is 0 Å². The van der Waals surface area contributed by atoms with Crippen molar-refractivity contribution >= 4 is 17.2 Å². The first-order valence-corrected chi connectivity index (χ1v) is 9.99. The minimum Gasteiger partial charge on any atom is -0.294 e. The molecule has 3 aromatic heterocycles. The standard InChI is InChI=1S/C22H20F2N6O/c1-5-29-20-18(12(3)27-29)19(16-7-6-14(23)9-17(16)24)30(22(20)31)15-8-11(2)21-26-25-13(4)28(21)10-15/h6-10,19H,5H2,1-4H3/t19-/m1/s1. The van der Waals surface area contributed by atoms with Gasteiger partial charge in [0.1, 0.15) is 23.2 Å². The second-order valence-electron chi connectivity index (χ2n) is 7.73. The second kappa shape index (κ2) is 6.69. The Labute approximate surface area is 176 Å². The van der Waals surface area contributed by atoms with E-state index in [9.17, 15) is 13.6 Å². The van der Waals surface area contributed by atoms with Gasteiger partial charge in [-0.2, -0.15) is 5.10 Å². The molecule has 0 spiro atoms. The molecule has 158 valence electrons. The van der Waals surface area contributed by atoms with Crippen LogP contribution in [0, 0.1) is 32.4 Å². The minimum absolute atomic E-state index is 0.213. The third-order valence-electron chi connectivity index (χ3n) is 5.81. The SMILES string of the molecule is CCn1nc(C)c2c1C(=O)N(c1cc(C)c3nnc(C)n3c1)[C@@H]2c1ccc(F)cc1F. The molecule has 0 aliphatic carbocycles. The van der Waals surface area contributed by atoms with Crippen molar-refractivity contribution in [3.8, 4) is 0 Å². The summed E-state index contributed by atoms with van der Waals surface area (Å²) in [4.78, 5) is 15.2. The van der Waals surface area contributed by atoms with E-state index >= 15 is 0 Å². The maximum Gasteiger partial charge on any atom is 0.277 e. The summed E-state index contributed by atoms with van der Waals surface area (Å²) in [7, 11) is 0. The molecule has 4 heterocycles. The van der Waals surface area contributed by atoms with Crippen LogP contribution in [0.15, 0.2) is 30.5 Å². The zero-order valence-corrected chi connectivity index (χ0v) is 17.5. The van der Waals surface area contributed by atoms with Crippen LogP contribution in [-0.4, -0.2) is 30.3 Å². The number of aromatic nitrogens is 5. The maximum atomic E-state index is 14.9. The smallest absolute Gasteiger partial charge is 0.277 e. The average molecular weight is 422 g/mol. The summed E-state index contributed by atoms with van der Waals surface area (Å²) in [6, 6.07) is 4.51. The fraction of sp³-hybridized carbons (Fsp3) is 0.273. The summed E-state index contributed by atoms with van der Waals surface area (Å²) in [5, 5.41) is 12.8. The Kier molecular flexibility index (Phi) is 4.18. The molecule has 1 aliphatic heterocycles. The molecule has 1 atom stereocenters. The maximum absolute atomic E-state index is 14.9.